The van der Waals surface area contributed by atoms with Gasteiger partial charge in [-0.1, -0.05) is 37.7 Å². The molecular weight excluding hydrogens is 536 g/mol. The number of benzene rings is 2. The highest BCUT2D eigenvalue weighted by Gasteiger charge is 2.33. The SMILES string of the molecule is CC(C)C[C@H](NC(=O)[C@@H](NC(=O)COc1ccc2c(c1)Nc1ccccc1S2)C(C)O)C(=O)N[C@H]1CCOC1O. The average molecular weight is 573 g/mol. The van der Waals surface area contributed by atoms with Crippen LogP contribution in [0.4, 0.5) is 11.4 Å². The van der Waals surface area contributed by atoms with Gasteiger partial charge in [-0.3, -0.25) is 14.4 Å². The van der Waals surface area contributed by atoms with E-state index in [1.807, 2.05) is 44.2 Å². The number of amides is 3. The van der Waals surface area contributed by atoms with Crippen molar-refractivity contribution in [1.82, 2.24) is 16.0 Å². The maximum atomic E-state index is 13.1. The van der Waals surface area contributed by atoms with E-state index in [1.54, 1.807) is 23.9 Å². The summed E-state index contributed by atoms with van der Waals surface area (Å²) in [5.41, 5.74) is 1.84. The summed E-state index contributed by atoms with van der Waals surface area (Å²) in [6.45, 7) is 5.12. The van der Waals surface area contributed by atoms with Gasteiger partial charge in [-0.25, -0.2) is 0 Å². The van der Waals surface area contributed by atoms with E-state index in [9.17, 15) is 24.6 Å². The number of aliphatic hydroxyl groups is 2. The second kappa shape index (κ2) is 13.4. The highest BCUT2D eigenvalue weighted by molar-refractivity contribution is 7.99. The van der Waals surface area contributed by atoms with E-state index in [-0.39, 0.29) is 12.5 Å². The van der Waals surface area contributed by atoms with Crippen molar-refractivity contribution in [3.63, 3.8) is 0 Å². The van der Waals surface area contributed by atoms with Gasteiger partial charge in [0.25, 0.3) is 5.91 Å². The van der Waals surface area contributed by atoms with Gasteiger partial charge < -0.3 is 41.0 Å². The number of aliphatic hydroxyl groups excluding tert-OH is 2. The Morgan fingerprint density at radius 2 is 1.82 bits per heavy atom. The van der Waals surface area contributed by atoms with Crippen molar-refractivity contribution in [3.05, 3.63) is 42.5 Å². The van der Waals surface area contributed by atoms with Crippen molar-refractivity contribution in [2.45, 2.75) is 73.9 Å². The molecule has 2 unspecified atom stereocenters. The molecule has 0 radical (unpaired) electrons. The fraction of sp³-hybridized carbons (Fsp3) is 0.464. The van der Waals surface area contributed by atoms with E-state index in [0.29, 0.717) is 25.2 Å². The Morgan fingerprint density at radius 3 is 2.52 bits per heavy atom. The van der Waals surface area contributed by atoms with E-state index in [0.717, 1.165) is 21.2 Å². The van der Waals surface area contributed by atoms with E-state index in [4.69, 9.17) is 9.47 Å². The van der Waals surface area contributed by atoms with Crippen LogP contribution in [-0.2, 0) is 19.1 Å². The Kier molecular flexibility index (Phi) is 9.90. The van der Waals surface area contributed by atoms with E-state index in [1.165, 1.54) is 6.92 Å². The Balaban J connectivity index is 1.33. The fourth-order valence-electron chi connectivity index (χ4n) is 4.44. The number of anilines is 2. The molecule has 40 heavy (non-hydrogen) atoms. The third kappa shape index (κ3) is 7.66. The van der Waals surface area contributed by atoms with Crippen LogP contribution in [-0.4, -0.2) is 71.7 Å². The van der Waals surface area contributed by atoms with Gasteiger partial charge in [0, 0.05) is 15.9 Å². The first kappa shape index (κ1) is 29.7. The standard InChI is InChI=1S/C28H36N4O7S/c1-15(2)12-21(26(35)30-19-10-11-38-28(19)37)31-27(36)25(16(3)33)32-24(34)14-39-17-8-9-23-20(13-17)29-18-6-4-5-7-22(18)40-23/h4-9,13,15-16,19,21,25,28-29,33,37H,10-12,14H2,1-3H3,(H,30,35)(H,31,36)(H,32,34)/t16?,19-,21-,25-,28?/m0/s1. The quantitative estimate of drug-likeness (QED) is 0.202. The molecule has 0 bridgehead atoms. The molecule has 1 saturated heterocycles. The Morgan fingerprint density at radius 1 is 1.07 bits per heavy atom. The molecule has 2 aliphatic rings. The Bertz CT molecular complexity index is 1220. The molecule has 5 atom stereocenters. The predicted molar refractivity (Wildman–Crippen MR) is 149 cm³/mol. The number of hydrogen-bond acceptors (Lipinski definition) is 9. The van der Waals surface area contributed by atoms with Crippen molar-refractivity contribution >= 4 is 40.9 Å². The maximum Gasteiger partial charge on any atom is 0.258 e. The summed E-state index contributed by atoms with van der Waals surface area (Å²) >= 11 is 1.63. The molecule has 11 nitrogen and oxygen atoms in total. The summed E-state index contributed by atoms with van der Waals surface area (Å²) in [6.07, 6.45) is -1.57. The summed E-state index contributed by atoms with van der Waals surface area (Å²) in [5, 5.41) is 31.3. The number of nitrogens with one attached hydrogen (secondary N) is 4. The van der Waals surface area contributed by atoms with Crippen LogP contribution in [0.25, 0.3) is 0 Å². The largest absolute Gasteiger partial charge is 0.484 e. The number of hydrogen-bond donors (Lipinski definition) is 6. The normalized spacial score (nSPS) is 19.9. The Labute approximate surface area is 237 Å². The predicted octanol–water partition coefficient (Wildman–Crippen LogP) is 1.89. The van der Waals surface area contributed by atoms with Crippen LogP contribution in [0.3, 0.4) is 0 Å². The molecule has 6 N–H and O–H groups in total. The molecule has 12 heteroatoms. The monoisotopic (exact) mass is 572 g/mol. The lowest BCUT2D eigenvalue weighted by atomic mass is 10.0. The van der Waals surface area contributed by atoms with Crippen molar-refractivity contribution in [2.24, 2.45) is 5.92 Å². The molecule has 4 rings (SSSR count). The second-order valence-electron chi connectivity index (χ2n) is 10.3. The van der Waals surface area contributed by atoms with Crippen molar-refractivity contribution < 1.29 is 34.1 Å². The van der Waals surface area contributed by atoms with Crippen LogP contribution in [0.1, 0.15) is 33.6 Å². The maximum absolute atomic E-state index is 13.1. The van der Waals surface area contributed by atoms with Crippen LogP contribution in [0.5, 0.6) is 5.75 Å². The first-order valence-electron chi connectivity index (χ1n) is 13.3. The van der Waals surface area contributed by atoms with Crippen molar-refractivity contribution in [2.75, 3.05) is 18.5 Å². The summed E-state index contributed by atoms with van der Waals surface area (Å²) in [7, 11) is 0. The van der Waals surface area contributed by atoms with Gasteiger partial charge in [-0.05, 0) is 49.9 Å². The second-order valence-corrected chi connectivity index (χ2v) is 11.4. The topological polar surface area (TPSA) is 158 Å². The molecular formula is C28H36N4O7S. The minimum absolute atomic E-state index is 0.0618. The van der Waals surface area contributed by atoms with E-state index in [2.05, 4.69) is 21.3 Å². The molecule has 3 amide bonds. The molecule has 2 heterocycles. The molecule has 1 fully saturated rings. The zero-order valence-electron chi connectivity index (χ0n) is 22.7. The molecule has 0 spiro atoms. The summed E-state index contributed by atoms with van der Waals surface area (Å²) < 4.78 is 10.7. The molecule has 2 aliphatic heterocycles. The summed E-state index contributed by atoms with van der Waals surface area (Å²) in [5.74, 6) is -1.26. The number of carbonyl (C=O) groups excluding carboxylic acids is 3. The zero-order valence-corrected chi connectivity index (χ0v) is 23.5. The number of para-hydroxylation sites is 1. The van der Waals surface area contributed by atoms with E-state index < -0.39 is 48.2 Å². The van der Waals surface area contributed by atoms with Crippen molar-refractivity contribution in [1.29, 1.82) is 0 Å². The van der Waals surface area contributed by atoms with Gasteiger partial charge in [-0.2, -0.15) is 0 Å². The number of carbonyl (C=O) groups is 3. The van der Waals surface area contributed by atoms with E-state index >= 15 is 0 Å². The number of ether oxygens (including phenoxy) is 2. The molecule has 0 aromatic heterocycles. The smallest absolute Gasteiger partial charge is 0.258 e. The van der Waals surface area contributed by atoms with Gasteiger partial charge in [-0.15, -0.1) is 0 Å². The summed E-state index contributed by atoms with van der Waals surface area (Å²) in [6, 6.07) is 10.6. The van der Waals surface area contributed by atoms with Gasteiger partial charge in [0.2, 0.25) is 11.8 Å². The molecule has 2 aromatic rings. The molecule has 0 saturated carbocycles. The fourth-order valence-corrected chi connectivity index (χ4v) is 5.41. The first-order chi connectivity index (χ1) is 19.1. The van der Waals surface area contributed by atoms with Gasteiger partial charge in [0.05, 0.1) is 30.1 Å². The van der Waals surface area contributed by atoms with Gasteiger partial charge in [0.1, 0.15) is 17.8 Å². The van der Waals surface area contributed by atoms with Crippen LogP contribution in [0.2, 0.25) is 0 Å². The number of rotatable bonds is 11. The molecule has 0 aliphatic carbocycles. The number of fused-ring (bicyclic) bond motifs is 2. The minimum atomic E-state index is -1.31. The van der Waals surface area contributed by atoms with Crippen LogP contribution in [0, 0.1) is 5.92 Å². The summed E-state index contributed by atoms with van der Waals surface area (Å²) in [4.78, 5) is 40.8. The van der Waals surface area contributed by atoms with Gasteiger partial charge >= 0.3 is 0 Å². The lowest BCUT2D eigenvalue weighted by molar-refractivity contribution is -0.136. The third-order valence-electron chi connectivity index (χ3n) is 6.51. The lowest BCUT2D eigenvalue weighted by Crippen LogP contribution is -2.58. The Hall–Kier alpha value is -3.32. The minimum Gasteiger partial charge on any atom is -0.484 e. The third-order valence-corrected chi connectivity index (χ3v) is 7.66. The van der Waals surface area contributed by atoms with Crippen LogP contribution < -0.4 is 26.0 Å². The lowest BCUT2D eigenvalue weighted by Gasteiger charge is -2.26. The van der Waals surface area contributed by atoms with Gasteiger partial charge in [0.15, 0.2) is 12.9 Å². The molecule has 2 aromatic carbocycles. The zero-order chi connectivity index (χ0) is 28.8. The highest BCUT2D eigenvalue weighted by atomic mass is 32.2. The van der Waals surface area contributed by atoms with Crippen molar-refractivity contribution in [3.8, 4) is 5.75 Å². The average Bonchev–Trinajstić information content (AvgIpc) is 3.32. The first-order valence-corrected chi connectivity index (χ1v) is 14.1. The molecule has 216 valence electrons. The van der Waals surface area contributed by atoms with Crippen LogP contribution >= 0.6 is 11.8 Å². The highest BCUT2D eigenvalue weighted by Crippen LogP contribution is 2.44. The van der Waals surface area contributed by atoms with Crippen LogP contribution in [0.15, 0.2) is 52.3 Å².